The number of hydrazine groups is 1. The first-order valence-electron chi connectivity index (χ1n) is 7.15. The predicted molar refractivity (Wildman–Crippen MR) is 86.9 cm³/mol. The number of rotatable bonds is 8. The number of benzene rings is 1. The molecule has 0 aliphatic rings. The predicted octanol–water partition coefficient (Wildman–Crippen LogP) is 3.29. The Morgan fingerprint density at radius 1 is 1.14 bits per heavy atom. The second-order valence-electron chi connectivity index (χ2n) is 4.63. The van der Waals surface area contributed by atoms with Crippen LogP contribution in [0, 0.1) is 0 Å². The lowest BCUT2D eigenvalue weighted by atomic mass is 10.0. The molecule has 1 heterocycles. The number of nitrogens with two attached hydrogens (primary N) is 1. The highest BCUT2D eigenvalue weighted by molar-refractivity contribution is 7.07. The van der Waals surface area contributed by atoms with Gasteiger partial charge in [0.15, 0.2) is 11.5 Å². The molecule has 0 spiro atoms. The van der Waals surface area contributed by atoms with Crippen LogP contribution in [-0.4, -0.2) is 13.2 Å². The lowest BCUT2D eigenvalue weighted by molar-refractivity contribution is 0.287. The third-order valence-electron chi connectivity index (χ3n) is 3.19. The Bertz CT molecular complexity index is 543. The van der Waals surface area contributed by atoms with E-state index in [-0.39, 0.29) is 6.04 Å². The standard InChI is InChI=1S/C16H22N2O2S/c1-3-19-15-6-5-13(10-16(15)20-4-2)14(18-17)9-12-7-8-21-11-12/h5-8,10-11,14,18H,3-4,9,17H2,1-2H3. The molecule has 1 atom stereocenters. The molecule has 3 N–H and O–H groups in total. The van der Waals surface area contributed by atoms with Gasteiger partial charge in [-0.1, -0.05) is 6.07 Å². The van der Waals surface area contributed by atoms with Gasteiger partial charge in [-0.05, 0) is 60.4 Å². The molecule has 0 fully saturated rings. The minimum atomic E-state index is 0.0504. The molecule has 21 heavy (non-hydrogen) atoms. The van der Waals surface area contributed by atoms with Crippen LogP contribution in [0.1, 0.15) is 31.0 Å². The van der Waals surface area contributed by atoms with Gasteiger partial charge >= 0.3 is 0 Å². The summed E-state index contributed by atoms with van der Waals surface area (Å²) in [7, 11) is 0. The number of hydrogen-bond donors (Lipinski definition) is 2. The third kappa shape index (κ3) is 4.20. The molecule has 0 amide bonds. The van der Waals surface area contributed by atoms with Gasteiger partial charge in [-0.15, -0.1) is 0 Å². The summed E-state index contributed by atoms with van der Waals surface area (Å²) < 4.78 is 11.3. The van der Waals surface area contributed by atoms with Crippen LogP contribution >= 0.6 is 11.3 Å². The minimum Gasteiger partial charge on any atom is -0.490 e. The number of thiophene rings is 1. The van der Waals surface area contributed by atoms with Crippen molar-refractivity contribution in [3.05, 3.63) is 46.2 Å². The second kappa shape index (κ2) is 8.02. The van der Waals surface area contributed by atoms with Gasteiger partial charge in [-0.3, -0.25) is 11.3 Å². The summed E-state index contributed by atoms with van der Waals surface area (Å²) in [5.74, 6) is 7.26. The molecule has 0 aliphatic heterocycles. The van der Waals surface area contributed by atoms with Crippen molar-refractivity contribution in [3.63, 3.8) is 0 Å². The zero-order chi connectivity index (χ0) is 15.1. The Morgan fingerprint density at radius 2 is 1.90 bits per heavy atom. The van der Waals surface area contributed by atoms with E-state index in [0.717, 1.165) is 23.5 Å². The van der Waals surface area contributed by atoms with E-state index >= 15 is 0 Å². The van der Waals surface area contributed by atoms with Crippen molar-refractivity contribution in [2.45, 2.75) is 26.3 Å². The number of hydrogen-bond acceptors (Lipinski definition) is 5. The summed E-state index contributed by atoms with van der Waals surface area (Å²) in [6.45, 7) is 5.15. The highest BCUT2D eigenvalue weighted by Gasteiger charge is 2.14. The van der Waals surface area contributed by atoms with E-state index in [0.29, 0.717) is 13.2 Å². The van der Waals surface area contributed by atoms with Crippen molar-refractivity contribution in [2.75, 3.05) is 13.2 Å². The van der Waals surface area contributed by atoms with Gasteiger partial charge in [0.1, 0.15) is 0 Å². The van der Waals surface area contributed by atoms with Crippen molar-refractivity contribution in [1.82, 2.24) is 5.43 Å². The zero-order valence-corrected chi connectivity index (χ0v) is 13.3. The van der Waals surface area contributed by atoms with E-state index in [1.807, 2.05) is 32.0 Å². The molecule has 1 aromatic carbocycles. The molecule has 0 aliphatic carbocycles. The Balaban J connectivity index is 2.22. The molecule has 5 heteroatoms. The second-order valence-corrected chi connectivity index (χ2v) is 5.41. The monoisotopic (exact) mass is 306 g/mol. The molecule has 114 valence electrons. The van der Waals surface area contributed by atoms with E-state index in [9.17, 15) is 0 Å². The largest absolute Gasteiger partial charge is 0.490 e. The lowest BCUT2D eigenvalue weighted by Crippen LogP contribution is -2.29. The van der Waals surface area contributed by atoms with Crippen LogP contribution in [0.5, 0.6) is 11.5 Å². The molecule has 0 radical (unpaired) electrons. The van der Waals surface area contributed by atoms with Crippen molar-refractivity contribution in [1.29, 1.82) is 0 Å². The molecular weight excluding hydrogens is 284 g/mol. The Hall–Kier alpha value is -1.56. The van der Waals surface area contributed by atoms with Crippen molar-refractivity contribution in [2.24, 2.45) is 5.84 Å². The zero-order valence-electron chi connectivity index (χ0n) is 12.5. The molecule has 4 nitrogen and oxygen atoms in total. The van der Waals surface area contributed by atoms with Crippen molar-refractivity contribution < 1.29 is 9.47 Å². The fraction of sp³-hybridized carbons (Fsp3) is 0.375. The van der Waals surface area contributed by atoms with E-state index in [4.69, 9.17) is 15.3 Å². The molecule has 2 aromatic rings. The van der Waals surface area contributed by atoms with Gasteiger partial charge in [-0.25, -0.2) is 0 Å². The molecule has 2 rings (SSSR count). The highest BCUT2D eigenvalue weighted by atomic mass is 32.1. The van der Waals surface area contributed by atoms with Crippen LogP contribution in [0.3, 0.4) is 0 Å². The van der Waals surface area contributed by atoms with E-state index in [1.54, 1.807) is 11.3 Å². The molecule has 0 saturated heterocycles. The van der Waals surface area contributed by atoms with Gasteiger partial charge in [0.05, 0.1) is 19.3 Å². The summed E-state index contributed by atoms with van der Waals surface area (Å²) in [4.78, 5) is 0. The maximum atomic E-state index is 5.72. The SMILES string of the molecule is CCOc1ccc(C(Cc2ccsc2)NN)cc1OCC. The molecule has 0 saturated carbocycles. The van der Waals surface area contributed by atoms with Crippen LogP contribution in [0.15, 0.2) is 35.0 Å². The van der Waals surface area contributed by atoms with E-state index < -0.39 is 0 Å². The van der Waals surface area contributed by atoms with Gasteiger partial charge in [0.2, 0.25) is 0 Å². The van der Waals surface area contributed by atoms with Crippen LogP contribution in [-0.2, 0) is 6.42 Å². The van der Waals surface area contributed by atoms with Gasteiger partial charge in [0, 0.05) is 0 Å². The first-order chi connectivity index (χ1) is 10.3. The van der Waals surface area contributed by atoms with Crippen LogP contribution in [0.4, 0.5) is 0 Å². The lowest BCUT2D eigenvalue weighted by Gasteiger charge is -2.18. The quantitative estimate of drug-likeness (QED) is 0.580. The molecule has 1 aromatic heterocycles. The summed E-state index contributed by atoms with van der Waals surface area (Å²) in [6, 6.07) is 8.15. The van der Waals surface area contributed by atoms with Crippen molar-refractivity contribution in [3.8, 4) is 11.5 Å². The Labute approximate surface area is 129 Å². The van der Waals surface area contributed by atoms with E-state index in [1.165, 1.54) is 5.56 Å². The fourth-order valence-corrected chi connectivity index (χ4v) is 2.88. The normalized spacial score (nSPS) is 12.1. The highest BCUT2D eigenvalue weighted by Crippen LogP contribution is 2.31. The molecule has 0 bridgehead atoms. The first-order valence-corrected chi connectivity index (χ1v) is 8.09. The Morgan fingerprint density at radius 3 is 2.52 bits per heavy atom. The number of ether oxygens (including phenoxy) is 2. The van der Waals surface area contributed by atoms with Gasteiger partial charge < -0.3 is 9.47 Å². The maximum Gasteiger partial charge on any atom is 0.161 e. The summed E-state index contributed by atoms with van der Waals surface area (Å²) in [5, 5.41) is 4.22. The van der Waals surface area contributed by atoms with Gasteiger partial charge in [0.25, 0.3) is 0 Å². The fourth-order valence-electron chi connectivity index (χ4n) is 2.20. The molecule has 1 unspecified atom stereocenters. The van der Waals surface area contributed by atoms with Gasteiger partial charge in [-0.2, -0.15) is 11.3 Å². The van der Waals surface area contributed by atoms with Crippen LogP contribution in [0.25, 0.3) is 0 Å². The summed E-state index contributed by atoms with van der Waals surface area (Å²) in [5.41, 5.74) is 5.25. The number of nitrogens with one attached hydrogen (secondary N) is 1. The topological polar surface area (TPSA) is 56.5 Å². The smallest absolute Gasteiger partial charge is 0.161 e. The Kier molecular flexibility index (Phi) is 6.04. The van der Waals surface area contributed by atoms with Crippen LogP contribution in [0.2, 0.25) is 0 Å². The average molecular weight is 306 g/mol. The maximum absolute atomic E-state index is 5.72. The molecular formula is C16H22N2O2S. The minimum absolute atomic E-state index is 0.0504. The third-order valence-corrected chi connectivity index (χ3v) is 3.92. The van der Waals surface area contributed by atoms with E-state index in [2.05, 4.69) is 22.3 Å². The van der Waals surface area contributed by atoms with Crippen molar-refractivity contribution >= 4 is 11.3 Å². The summed E-state index contributed by atoms with van der Waals surface area (Å²) in [6.07, 6.45) is 0.847. The summed E-state index contributed by atoms with van der Waals surface area (Å²) >= 11 is 1.69. The van der Waals surface area contributed by atoms with Crippen LogP contribution < -0.4 is 20.7 Å². The average Bonchev–Trinajstić information content (AvgIpc) is 3.00. The first kappa shape index (κ1) is 15.8.